The van der Waals surface area contributed by atoms with Crippen LogP contribution in [-0.2, 0) is 11.3 Å². The van der Waals surface area contributed by atoms with E-state index in [1.54, 1.807) is 22.8 Å². The van der Waals surface area contributed by atoms with Crippen LogP contribution in [0, 0.1) is 18.3 Å². The average molecular weight is 319 g/mol. The number of carbonyl (C=O) groups excluding carboxylic acids is 1. The maximum Gasteiger partial charge on any atom is 0.242 e. The Balaban J connectivity index is 1.99. The minimum atomic E-state index is -0.264. The molecule has 0 aliphatic carbocycles. The third-order valence-electron chi connectivity index (χ3n) is 3.42. The molecule has 2 aromatic rings. The summed E-state index contributed by atoms with van der Waals surface area (Å²) in [6, 6.07) is 5.61. The SMILES string of the molecule is Cc1ccsc1CN(C)C(C)C(=O)Nc1sccc1C#N. The van der Waals surface area contributed by atoms with Crippen molar-refractivity contribution in [1.29, 1.82) is 5.26 Å². The van der Waals surface area contributed by atoms with Gasteiger partial charge in [-0.3, -0.25) is 9.69 Å². The van der Waals surface area contributed by atoms with E-state index in [9.17, 15) is 4.79 Å². The Bertz CT molecular complexity index is 669. The fraction of sp³-hybridized carbons (Fsp3) is 0.333. The second kappa shape index (κ2) is 6.85. The van der Waals surface area contributed by atoms with Crippen LogP contribution < -0.4 is 5.32 Å². The summed E-state index contributed by atoms with van der Waals surface area (Å²) in [7, 11) is 1.93. The number of carbonyl (C=O) groups is 1. The minimum absolute atomic E-state index is 0.0920. The summed E-state index contributed by atoms with van der Waals surface area (Å²) in [6.07, 6.45) is 0. The summed E-state index contributed by atoms with van der Waals surface area (Å²) in [5, 5.41) is 16.3. The van der Waals surface area contributed by atoms with E-state index in [-0.39, 0.29) is 11.9 Å². The normalized spacial score (nSPS) is 12.1. The number of aryl methyl sites for hydroxylation is 1. The first-order chi connectivity index (χ1) is 10.0. The molecule has 2 heterocycles. The van der Waals surface area contributed by atoms with Crippen molar-refractivity contribution in [3.8, 4) is 6.07 Å². The molecule has 4 nitrogen and oxygen atoms in total. The fourth-order valence-electron chi connectivity index (χ4n) is 1.84. The number of hydrogen-bond acceptors (Lipinski definition) is 5. The lowest BCUT2D eigenvalue weighted by Gasteiger charge is -2.23. The van der Waals surface area contributed by atoms with Crippen molar-refractivity contribution in [2.75, 3.05) is 12.4 Å². The van der Waals surface area contributed by atoms with Gasteiger partial charge in [-0.1, -0.05) is 0 Å². The molecule has 1 amide bonds. The first-order valence-corrected chi connectivity index (χ1v) is 8.30. The van der Waals surface area contributed by atoms with E-state index in [0.717, 1.165) is 6.54 Å². The van der Waals surface area contributed by atoms with Gasteiger partial charge in [-0.2, -0.15) is 5.26 Å². The van der Waals surface area contributed by atoms with Gasteiger partial charge >= 0.3 is 0 Å². The highest BCUT2D eigenvalue weighted by Gasteiger charge is 2.20. The van der Waals surface area contributed by atoms with Crippen LogP contribution in [0.15, 0.2) is 22.9 Å². The molecule has 1 unspecified atom stereocenters. The maximum absolute atomic E-state index is 12.3. The smallest absolute Gasteiger partial charge is 0.242 e. The van der Waals surface area contributed by atoms with E-state index >= 15 is 0 Å². The van der Waals surface area contributed by atoms with Gasteiger partial charge in [-0.25, -0.2) is 0 Å². The molecule has 21 heavy (non-hydrogen) atoms. The molecule has 0 radical (unpaired) electrons. The van der Waals surface area contributed by atoms with Gasteiger partial charge in [-0.05, 0) is 49.4 Å². The highest BCUT2D eigenvalue weighted by Crippen LogP contribution is 2.23. The zero-order chi connectivity index (χ0) is 15.4. The van der Waals surface area contributed by atoms with E-state index in [1.807, 2.05) is 18.9 Å². The first kappa shape index (κ1) is 15.7. The molecule has 1 N–H and O–H groups in total. The monoisotopic (exact) mass is 319 g/mol. The largest absolute Gasteiger partial charge is 0.315 e. The molecule has 110 valence electrons. The molecule has 2 rings (SSSR count). The van der Waals surface area contributed by atoms with Gasteiger partial charge in [-0.15, -0.1) is 22.7 Å². The number of likely N-dealkylation sites (N-methyl/N-ethyl adjacent to an activating group) is 1. The topological polar surface area (TPSA) is 56.1 Å². The Labute approximate surface area is 132 Å². The number of nitrogens with zero attached hydrogens (tertiary/aromatic N) is 2. The number of nitriles is 1. The summed E-state index contributed by atoms with van der Waals surface area (Å²) in [6.45, 7) is 4.70. The minimum Gasteiger partial charge on any atom is -0.315 e. The Hall–Kier alpha value is -1.68. The van der Waals surface area contributed by atoms with Crippen LogP contribution >= 0.6 is 22.7 Å². The number of thiophene rings is 2. The van der Waals surface area contributed by atoms with E-state index in [4.69, 9.17) is 5.26 Å². The van der Waals surface area contributed by atoms with Crippen LogP contribution in [0.5, 0.6) is 0 Å². The Kier molecular flexibility index (Phi) is 5.12. The molecule has 6 heteroatoms. The molecule has 0 spiro atoms. The van der Waals surface area contributed by atoms with Crippen molar-refractivity contribution >= 4 is 33.6 Å². The first-order valence-electron chi connectivity index (χ1n) is 6.54. The van der Waals surface area contributed by atoms with E-state index in [0.29, 0.717) is 10.6 Å². The number of nitrogens with one attached hydrogen (secondary N) is 1. The van der Waals surface area contributed by atoms with Crippen molar-refractivity contribution in [2.24, 2.45) is 0 Å². The lowest BCUT2D eigenvalue weighted by molar-refractivity contribution is -0.120. The van der Waals surface area contributed by atoms with Gasteiger partial charge in [0.2, 0.25) is 5.91 Å². The van der Waals surface area contributed by atoms with Gasteiger partial charge in [0.1, 0.15) is 11.1 Å². The van der Waals surface area contributed by atoms with Gasteiger partial charge in [0.05, 0.1) is 11.6 Å². The molecular formula is C15H17N3OS2. The molecule has 0 fully saturated rings. The molecule has 0 saturated carbocycles. The third kappa shape index (κ3) is 3.70. The number of hydrogen-bond donors (Lipinski definition) is 1. The van der Waals surface area contributed by atoms with Gasteiger partial charge in [0.25, 0.3) is 0 Å². The summed E-state index contributed by atoms with van der Waals surface area (Å²) >= 11 is 3.07. The summed E-state index contributed by atoms with van der Waals surface area (Å²) in [4.78, 5) is 15.6. The van der Waals surface area contributed by atoms with Gasteiger partial charge in [0.15, 0.2) is 0 Å². The quantitative estimate of drug-likeness (QED) is 0.918. The van der Waals surface area contributed by atoms with Crippen LogP contribution in [0.25, 0.3) is 0 Å². The standard InChI is InChI=1S/C15H17N3OS2/c1-10-4-6-20-13(10)9-18(3)11(2)14(19)17-15-12(8-16)5-7-21-15/h4-7,11H,9H2,1-3H3,(H,17,19). The van der Waals surface area contributed by atoms with Crippen molar-refractivity contribution in [3.63, 3.8) is 0 Å². The number of anilines is 1. The third-order valence-corrected chi connectivity index (χ3v) is 5.26. The van der Waals surface area contributed by atoms with E-state index in [1.165, 1.54) is 21.8 Å². The van der Waals surface area contributed by atoms with Crippen LogP contribution in [0.1, 0.15) is 22.9 Å². The molecule has 0 aliphatic rings. The molecular weight excluding hydrogens is 302 g/mol. The predicted octanol–water partition coefficient (Wildman–Crippen LogP) is 3.45. The second-order valence-corrected chi connectivity index (χ2v) is 6.80. The number of rotatable bonds is 5. The second-order valence-electron chi connectivity index (χ2n) is 4.88. The molecule has 0 bridgehead atoms. The number of amides is 1. The molecule has 0 saturated heterocycles. The Morgan fingerprint density at radius 1 is 1.43 bits per heavy atom. The summed E-state index contributed by atoms with van der Waals surface area (Å²) < 4.78 is 0. The Morgan fingerprint density at radius 3 is 2.76 bits per heavy atom. The summed E-state index contributed by atoms with van der Waals surface area (Å²) in [5.41, 5.74) is 1.77. The molecule has 0 aliphatic heterocycles. The predicted molar refractivity (Wildman–Crippen MR) is 87.6 cm³/mol. The van der Waals surface area contributed by atoms with E-state index in [2.05, 4.69) is 29.8 Å². The lowest BCUT2D eigenvalue weighted by Crippen LogP contribution is -2.39. The van der Waals surface area contributed by atoms with E-state index < -0.39 is 0 Å². The lowest BCUT2D eigenvalue weighted by atomic mass is 10.2. The van der Waals surface area contributed by atoms with Crippen LogP contribution in [-0.4, -0.2) is 23.9 Å². The zero-order valence-electron chi connectivity index (χ0n) is 12.2. The molecule has 0 aromatic carbocycles. The average Bonchev–Trinajstić information content (AvgIpc) is 3.07. The maximum atomic E-state index is 12.3. The van der Waals surface area contributed by atoms with Crippen LogP contribution in [0.3, 0.4) is 0 Å². The highest BCUT2D eigenvalue weighted by molar-refractivity contribution is 7.14. The van der Waals surface area contributed by atoms with Crippen molar-refractivity contribution < 1.29 is 4.79 Å². The van der Waals surface area contributed by atoms with Crippen LogP contribution in [0.4, 0.5) is 5.00 Å². The van der Waals surface area contributed by atoms with Crippen molar-refractivity contribution in [3.05, 3.63) is 38.9 Å². The van der Waals surface area contributed by atoms with Gasteiger partial charge < -0.3 is 5.32 Å². The summed E-state index contributed by atoms with van der Waals surface area (Å²) in [5.74, 6) is -0.0920. The van der Waals surface area contributed by atoms with Crippen LogP contribution in [0.2, 0.25) is 0 Å². The molecule has 1 atom stereocenters. The van der Waals surface area contributed by atoms with Crippen molar-refractivity contribution in [2.45, 2.75) is 26.4 Å². The fourth-order valence-corrected chi connectivity index (χ4v) is 3.55. The van der Waals surface area contributed by atoms with Gasteiger partial charge in [0, 0.05) is 11.4 Å². The Morgan fingerprint density at radius 2 is 2.14 bits per heavy atom. The zero-order valence-corrected chi connectivity index (χ0v) is 13.8. The highest BCUT2D eigenvalue weighted by atomic mass is 32.1. The van der Waals surface area contributed by atoms with Crippen molar-refractivity contribution in [1.82, 2.24) is 4.90 Å². The molecule has 2 aromatic heterocycles.